The van der Waals surface area contributed by atoms with Crippen molar-refractivity contribution >= 4 is 17.6 Å². The summed E-state index contributed by atoms with van der Waals surface area (Å²) in [7, 11) is 0. The minimum atomic E-state index is -0.233. The Morgan fingerprint density at radius 1 is 1.40 bits per heavy atom. The number of hydrogen-bond acceptors (Lipinski definition) is 4. The smallest absolute Gasteiger partial charge is 0.319 e. The van der Waals surface area contributed by atoms with Crippen LogP contribution in [0.15, 0.2) is 29.4 Å². The van der Waals surface area contributed by atoms with Crippen LogP contribution < -0.4 is 21.1 Å². The highest BCUT2D eigenvalue weighted by Gasteiger charge is 2.01. The summed E-state index contributed by atoms with van der Waals surface area (Å²) < 4.78 is 5.25. The van der Waals surface area contributed by atoms with Gasteiger partial charge in [-0.3, -0.25) is 0 Å². The van der Waals surface area contributed by atoms with Crippen LogP contribution >= 0.6 is 0 Å². The van der Waals surface area contributed by atoms with Crippen LogP contribution in [0, 0.1) is 0 Å². The normalized spacial score (nSPS) is 10.9. The number of nitrogens with zero attached hydrogens (tertiary/aromatic N) is 1. The van der Waals surface area contributed by atoms with E-state index in [1.807, 2.05) is 0 Å². The fraction of sp³-hybridized carbons (Fsp3) is 0.385. The zero-order valence-corrected chi connectivity index (χ0v) is 11.4. The van der Waals surface area contributed by atoms with Gasteiger partial charge in [-0.1, -0.05) is 18.5 Å². The molecule has 7 nitrogen and oxygen atoms in total. The second-order valence-electron chi connectivity index (χ2n) is 4.14. The van der Waals surface area contributed by atoms with Crippen LogP contribution in [-0.4, -0.2) is 30.2 Å². The monoisotopic (exact) mass is 280 g/mol. The third-order valence-electron chi connectivity index (χ3n) is 2.44. The molecule has 0 saturated heterocycles. The molecule has 1 aromatic carbocycles. The summed E-state index contributed by atoms with van der Waals surface area (Å²) in [6.45, 7) is 2.72. The first-order valence-electron chi connectivity index (χ1n) is 6.39. The van der Waals surface area contributed by atoms with Crippen LogP contribution in [-0.2, 0) is 0 Å². The first-order chi connectivity index (χ1) is 9.65. The van der Waals surface area contributed by atoms with Gasteiger partial charge in [0.1, 0.15) is 12.4 Å². The first kappa shape index (κ1) is 15.6. The number of unbranched alkanes of at least 4 members (excludes halogenated alkanes) is 1. The standard InChI is InChI=1S/C13H20N4O3/c1-2-3-8-15-13(18)16-10-4-6-11(7-5-10)20-9-12(14)17-19/h4-7,19H,2-3,8-9H2,1H3,(H2,14,17)(H2,15,16,18). The van der Waals surface area contributed by atoms with Gasteiger partial charge in [0, 0.05) is 12.2 Å². The molecule has 0 aliphatic heterocycles. The molecule has 0 saturated carbocycles. The van der Waals surface area contributed by atoms with Crippen molar-refractivity contribution in [2.24, 2.45) is 10.9 Å². The predicted octanol–water partition coefficient (Wildman–Crippen LogP) is 1.73. The van der Waals surface area contributed by atoms with E-state index in [1.54, 1.807) is 24.3 Å². The van der Waals surface area contributed by atoms with Gasteiger partial charge in [-0.25, -0.2) is 4.79 Å². The third kappa shape index (κ3) is 5.94. The Kier molecular flexibility index (Phi) is 6.74. The van der Waals surface area contributed by atoms with Crippen molar-refractivity contribution in [1.29, 1.82) is 0 Å². The molecule has 110 valence electrons. The molecule has 0 atom stereocenters. The Hall–Kier alpha value is -2.44. The van der Waals surface area contributed by atoms with Crippen LogP contribution in [0.3, 0.4) is 0 Å². The van der Waals surface area contributed by atoms with Crippen molar-refractivity contribution in [2.45, 2.75) is 19.8 Å². The molecule has 5 N–H and O–H groups in total. The van der Waals surface area contributed by atoms with E-state index in [9.17, 15) is 4.79 Å². The lowest BCUT2D eigenvalue weighted by molar-refractivity contribution is 0.252. The minimum Gasteiger partial charge on any atom is -0.486 e. The lowest BCUT2D eigenvalue weighted by atomic mass is 10.3. The average Bonchev–Trinajstić information content (AvgIpc) is 2.46. The van der Waals surface area contributed by atoms with Gasteiger partial charge in [-0.05, 0) is 30.7 Å². The van der Waals surface area contributed by atoms with Crippen LogP contribution in [0.1, 0.15) is 19.8 Å². The molecule has 1 rings (SSSR count). The predicted molar refractivity (Wildman–Crippen MR) is 77.3 cm³/mol. The zero-order chi connectivity index (χ0) is 14.8. The van der Waals surface area contributed by atoms with E-state index >= 15 is 0 Å². The number of hydrogen-bond donors (Lipinski definition) is 4. The molecule has 0 aliphatic carbocycles. The lowest BCUT2D eigenvalue weighted by Crippen LogP contribution is -2.29. The minimum absolute atomic E-state index is 0.000773. The van der Waals surface area contributed by atoms with Gasteiger partial charge in [-0.15, -0.1) is 0 Å². The first-order valence-corrected chi connectivity index (χ1v) is 6.39. The second-order valence-corrected chi connectivity index (χ2v) is 4.14. The highest BCUT2D eigenvalue weighted by molar-refractivity contribution is 5.89. The molecule has 0 spiro atoms. The lowest BCUT2D eigenvalue weighted by Gasteiger charge is -2.08. The van der Waals surface area contributed by atoms with Crippen LogP contribution in [0.4, 0.5) is 10.5 Å². The number of oxime groups is 1. The van der Waals surface area contributed by atoms with Crippen molar-refractivity contribution in [3.05, 3.63) is 24.3 Å². The van der Waals surface area contributed by atoms with Crippen molar-refractivity contribution in [1.82, 2.24) is 5.32 Å². The topological polar surface area (TPSA) is 109 Å². The van der Waals surface area contributed by atoms with Crippen molar-refractivity contribution in [3.63, 3.8) is 0 Å². The number of carbonyl (C=O) groups excluding carboxylic acids is 1. The van der Waals surface area contributed by atoms with Crippen molar-refractivity contribution in [2.75, 3.05) is 18.5 Å². The highest BCUT2D eigenvalue weighted by Crippen LogP contribution is 2.15. The molecule has 0 aromatic heterocycles. The molecular weight excluding hydrogens is 260 g/mol. The van der Waals surface area contributed by atoms with Gasteiger partial charge in [0.25, 0.3) is 0 Å². The van der Waals surface area contributed by atoms with E-state index in [0.717, 1.165) is 12.8 Å². The summed E-state index contributed by atoms with van der Waals surface area (Å²) in [5.74, 6) is 0.552. The SMILES string of the molecule is CCCCNC(=O)Nc1ccc(OC/C(N)=N/O)cc1. The second kappa shape index (κ2) is 8.63. The van der Waals surface area contributed by atoms with Crippen LogP contribution in [0.2, 0.25) is 0 Å². The van der Waals surface area contributed by atoms with E-state index in [2.05, 4.69) is 22.7 Å². The Balaban J connectivity index is 2.40. The maximum atomic E-state index is 11.5. The summed E-state index contributed by atoms with van der Waals surface area (Å²) in [6.07, 6.45) is 1.99. The van der Waals surface area contributed by atoms with E-state index in [-0.39, 0.29) is 18.5 Å². The molecule has 20 heavy (non-hydrogen) atoms. The third-order valence-corrected chi connectivity index (χ3v) is 2.44. The number of ether oxygens (including phenoxy) is 1. The Labute approximate surface area is 117 Å². The van der Waals surface area contributed by atoms with Gasteiger partial charge in [0.2, 0.25) is 0 Å². The molecule has 0 fully saturated rings. The number of nitrogens with one attached hydrogen (secondary N) is 2. The van der Waals surface area contributed by atoms with Gasteiger partial charge >= 0.3 is 6.03 Å². The number of anilines is 1. The number of rotatable bonds is 7. The molecule has 0 bridgehead atoms. The number of carbonyl (C=O) groups is 1. The van der Waals surface area contributed by atoms with Gasteiger partial charge in [0.15, 0.2) is 5.84 Å². The maximum absolute atomic E-state index is 11.5. The summed E-state index contributed by atoms with van der Waals surface area (Å²) in [4.78, 5) is 11.5. The molecule has 0 radical (unpaired) electrons. The van der Waals surface area contributed by atoms with E-state index in [1.165, 1.54) is 0 Å². The Morgan fingerprint density at radius 3 is 2.70 bits per heavy atom. The summed E-state index contributed by atoms with van der Waals surface area (Å²) in [6, 6.07) is 6.56. The summed E-state index contributed by atoms with van der Waals surface area (Å²) in [5.41, 5.74) is 5.95. The molecule has 7 heteroatoms. The number of amidine groups is 1. The van der Waals surface area contributed by atoms with Gasteiger partial charge in [0.05, 0.1) is 0 Å². The van der Waals surface area contributed by atoms with Crippen molar-refractivity contribution in [3.8, 4) is 5.75 Å². The molecule has 0 unspecified atom stereocenters. The average molecular weight is 280 g/mol. The quantitative estimate of drug-likeness (QED) is 0.200. The Morgan fingerprint density at radius 2 is 2.10 bits per heavy atom. The fourth-order valence-corrected chi connectivity index (χ4v) is 1.37. The summed E-state index contributed by atoms with van der Waals surface area (Å²) >= 11 is 0. The maximum Gasteiger partial charge on any atom is 0.319 e. The number of benzene rings is 1. The highest BCUT2D eigenvalue weighted by atomic mass is 16.5. The number of nitrogens with two attached hydrogens (primary N) is 1. The van der Waals surface area contributed by atoms with Gasteiger partial charge < -0.3 is 26.3 Å². The molecule has 2 amide bonds. The van der Waals surface area contributed by atoms with Crippen molar-refractivity contribution < 1.29 is 14.7 Å². The van der Waals surface area contributed by atoms with E-state index in [0.29, 0.717) is 18.0 Å². The van der Waals surface area contributed by atoms with Crippen LogP contribution in [0.5, 0.6) is 5.75 Å². The molecular formula is C13H20N4O3. The zero-order valence-electron chi connectivity index (χ0n) is 11.4. The fourth-order valence-electron chi connectivity index (χ4n) is 1.37. The molecule has 1 aromatic rings. The van der Waals surface area contributed by atoms with E-state index in [4.69, 9.17) is 15.7 Å². The largest absolute Gasteiger partial charge is 0.486 e. The molecule has 0 aliphatic rings. The number of urea groups is 1. The number of amides is 2. The van der Waals surface area contributed by atoms with Gasteiger partial charge in [-0.2, -0.15) is 0 Å². The van der Waals surface area contributed by atoms with Crippen LogP contribution in [0.25, 0.3) is 0 Å². The Bertz CT molecular complexity index is 445. The van der Waals surface area contributed by atoms with E-state index < -0.39 is 0 Å². The summed E-state index contributed by atoms with van der Waals surface area (Å²) in [5, 5.41) is 16.6. The molecule has 0 heterocycles.